The number of ether oxygens (including phenoxy) is 1. The molecular formula is C13H26IN3O. The first-order valence-electron chi connectivity index (χ1n) is 6.72. The molecule has 2 unspecified atom stereocenters. The van der Waals surface area contributed by atoms with Crippen molar-refractivity contribution in [3.63, 3.8) is 0 Å². The molecule has 1 heterocycles. The van der Waals surface area contributed by atoms with Crippen LogP contribution in [0.5, 0.6) is 0 Å². The third-order valence-electron chi connectivity index (χ3n) is 4.75. The van der Waals surface area contributed by atoms with Gasteiger partial charge in [0.25, 0.3) is 0 Å². The van der Waals surface area contributed by atoms with Gasteiger partial charge in [0.1, 0.15) is 0 Å². The second-order valence-corrected chi connectivity index (χ2v) is 5.22. The van der Waals surface area contributed by atoms with Gasteiger partial charge in [0, 0.05) is 32.2 Å². The zero-order valence-corrected chi connectivity index (χ0v) is 14.2. The average molecular weight is 367 g/mol. The minimum Gasteiger partial charge on any atom is -0.381 e. The standard InChI is InChI=1S/C13H25N3O.HI/c1-5-13(6-2)10(9-11(13)17-4)15-12-14-7-8-16(12)3;/h10-11H,5-9H2,1-4H3,(H,14,15);1H. The molecule has 0 amide bonds. The quantitative estimate of drug-likeness (QED) is 0.774. The van der Waals surface area contributed by atoms with Crippen molar-refractivity contribution in [3.8, 4) is 0 Å². The van der Waals surface area contributed by atoms with Crippen LogP contribution in [-0.2, 0) is 4.74 Å². The molecule has 4 nitrogen and oxygen atoms in total. The smallest absolute Gasteiger partial charge is 0.194 e. The maximum Gasteiger partial charge on any atom is 0.194 e. The summed E-state index contributed by atoms with van der Waals surface area (Å²) < 4.78 is 5.61. The van der Waals surface area contributed by atoms with Crippen molar-refractivity contribution in [2.45, 2.75) is 45.3 Å². The van der Waals surface area contributed by atoms with E-state index in [2.05, 4.69) is 36.1 Å². The third-order valence-corrected chi connectivity index (χ3v) is 4.75. The van der Waals surface area contributed by atoms with E-state index in [1.165, 1.54) is 0 Å². The molecule has 106 valence electrons. The number of hydrogen-bond donors (Lipinski definition) is 1. The number of nitrogens with zero attached hydrogens (tertiary/aromatic N) is 2. The lowest BCUT2D eigenvalue weighted by Gasteiger charge is -2.55. The summed E-state index contributed by atoms with van der Waals surface area (Å²) in [6.45, 7) is 6.49. The zero-order chi connectivity index (χ0) is 12.5. The van der Waals surface area contributed by atoms with Crippen molar-refractivity contribution >= 4 is 29.9 Å². The van der Waals surface area contributed by atoms with Crippen LogP contribution in [0.1, 0.15) is 33.1 Å². The Morgan fingerprint density at radius 3 is 2.56 bits per heavy atom. The summed E-state index contributed by atoms with van der Waals surface area (Å²) in [6.07, 6.45) is 3.83. The van der Waals surface area contributed by atoms with E-state index >= 15 is 0 Å². The molecule has 18 heavy (non-hydrogen) atoms. The van der Waals surface area contributed by atoms with Crippen molar-refractivity contribution in [2.75, 3.05) is 27.2 Å². The van der Waals surface area contributed by atoms with E-state index in [4.69, 9.17) is 4.74 Å². The van der Waals surface area contributed by atoms with Gasteiger partial charge < -0.3 is 15.0 Å². The number of aliphatic imine (C=N–C) groups is 1. The largest absolute Gasteiger partial charge is 0.381 e. The average Bonchev–Trinajstić information content (AvgIpc) is 2.71. The number of likely N-dealkylation sites (N-methyl/N-ethyl adjacent to an activating group) is 1. The molecule has 1 saturated carbocycles. The van der Waals surface area contributed by atoms with E-state index in [1.807, 2.05) is 7.11 Å². The topological polar surface area (TPSA) is 36.9 Å². The van der Waals surface area contributed by atoms with Crippen LogP contribution < -0.4 is 5.32 Å². The Kier molecular flexibility index (Phi) is 5.70. The number of nitrogens with one attached hydrogen (secondary N) is 1. The predicted octanol–water partition coefficient (Wildman–Crippen LogP) is 2.09. The lowest BCUT2D eigenvalue weighted by Crippen LogP contribution is -2.65. The first kappa shape index (κ1) is 16.0. The fourth-order valence-corrected chi connectivity index (χ4v) is 3.32. The van der Waals surface area contributed by atoms with Crippen LogP contribution in [0.2, 0.25) is 0 Å². The highest BCUT2D eigenvalue weighted by Crippen LogP contribution is 2.48. The zero-order valence-electron chi connectivity index (χ0n) is 11.9. The van der Waals surface area contributed by atoms with Gasteiger partial charge in [-0.25, -0.2) is 0 Å². The summed E-state index contributed by atoms with van der Waals surface area (Å²) in [5.41, 5.74) is 0.292. The van der Waals surface area contributed by atoms with E-state index in [9.17, 15) is 0 Å². The van der Waals surface area contributed by atoms with E-state index in [1.54, 1.807) is 0 Å². The molecule has 0 aromatic carbocycles. The summed E-state index contributed by atoms with van der Waals surface area (Å²) in [7, 11) is 3.94. The SMILES string of the molecule is CCC1(CC)C(NC2=NCCN2C)CC1OC.I. The summed E-state index contributed by atoms with van der Waals surface area (Å²) >= 11 is 0. The highest BCUT2D eigenvalue weighted by molar-refractivity contribution is 14.0. The summed E-state index contributed by atoms with van der Waals surface area (Å²) in [5, 5.41) is 3.62. The van der Waals surface area contributed by atoms with E-state index in [0.29, 0.717) is 17.6 Å². The van der Waals surface area contributed by atoms with Crippen molar-refractivity contribution in [3.05, 3.63) is 0 Å². The van der Waals surface area contributed by atoms with Crippen molar-refractivity contribution in [2.24, 2.45) is 10.4 Å². The Balaban J connectivity index is 0.00000162. The first-order valence-corrected chi connectivity index (χ1v) is 6.72. The molecule has 2 atom stereocenters. The van der Waals surface area contributed by atoms with Crippen LogP contribution in [0.3, 0.4) is 0 Å². The van der Waals surface area contributed by atoms with Crippen molar-refractivity contribution in [1.82, 2.24) is 10.2 Å². The van der Waals surface area contributed by atoms with Crippen LogP contribution >= 0.6 is 24.0 Å². The molecule has 1 aliphatic heterocycles. The molecule has 1 N–H and O–H groups in total. The van der Waals surface area contributed by atoms with Gasteiger partial charge in [-0.15, -0.1) is 24.0 Å². The lowest BCUT2D eigenvalue weighted by atomic mass is 9.58. The van der Waals surface area contributed by atoms with Crippen molar-refractivity contribution < 1.29 is 4.74 Å². The van der Waals surface area contributed by atoms with Gasteiger partial charge in [-0.1, -0.05) is 13.8 Å². The molecular weight excluding hydrogens is 341 g/mol. The highest BCUT2D eigenvalue weighted by Gasteiger charge is 2.53. The molecule has 1 fully saturated rings. The van der Waals surface area contributed by atoms with Crippen molar-refractivity contribution in [1.29, 1.82) is 0 Å². The van der Waals surface area contributed by atoms with Gasteiger partial charge in [-0.05, 0) is 19.3 Å². The Morgan fingerprint density at radius 2 is 2.11 bits per heavy atom. The molecule has 0 bridgehead atoms. The summed E-state index contributed by atoms with van der Waals surface area (Å²) in [4.78, 5) is 6.72. The van der Waals surface area contributed by atoms with Crippen LogP contribution in [0, 0.1) is 5.41 Å². The van der Waals surface area contributed by atoms with Gasteiger partial charge in [0.05, 0.1) is 12.6 Å². The third kappa shape index (κ3) is 2.48. The fraction of sp³-hybridized carbons (Fsp3) is 0.923. The Hall–Kier alpha value is -0.0400. The molecule has 1 aliphatic carbocycles. The van der Waals surface area contributed by atoms with Gasteiger partial charge >= 0.3 is 0 Å². The van der Waals surface area contributed by atoms with E-state index in [0.717, 1.165) is 38.3 Å². The molecule has 0 aromatic heterocycles. The monoisotopic (exact) mass is 367 g/mol. The summed E-state index contributed by atoms with van der Waals surface area (Å²) in [5.74, 6) is 1.07. The van der Waals surface area contributed by atoms with E-state index < -0.39 is 0 Å². The van der Waals surface area contributed by atoms with Gasteiger partial charge in [-0.2, -0.15) is 0 Å². The number of halogens is 1. The Labute approximate surface area is 128 Å². The highest BCUT2D eigenvalue weighted by atomic mass is 127. The van der Waals surface area contributed by atoms with Crippen LogP contribution in [0.25, 0.3) is 0 Å². The second-order valence-electron chi connectivity index (χ2n) is 5.22. The van der Waals surface area contributed by atoms with Crippen LogP contribution in [-0.4, -0.2) is 50.3 Å². The van der Waals surface area contributed by atoms with Crippen LogP contribution in [0.4, 0.5) is 0 Å². The molecule has 5 heteroatoms. The lowest BCUT2D eigenvalue weighted by molar-refractivity contribution is -0.119. The molecule has 0 aromatic rings. The number of hydrogen-bond acceptors (Lipinski definition) is 4. The number of rotatable bonds is 4. The number of methoxy groups -OCH3 is 1. The van der Waals surface area contributed by atoms with Crippen LogP contribution in [0.15, 0.2) is 4.99 Å². The second kappa shape index (κ2) is 6.41. The Morgan fingerprint density at radius 1 is 1.44 bits per heavy atom. The number of guanidine groups is 1. The first-order chi connectivity index (χ1) is 8.17. The molecule has 0 spiro atoms. The predicted molar refractivity (Wildman–Crippen MR) is 85.7 cm³/mol. The van der Waals surface area contributed by atoms with Gasteiger partial charge in [0.2, 0.25) is 0 Å². The minimum absolute atomic E-state index is 0. The maximum atomic E-state index is 5.61. The van der Waals surface area contributed by atoms with Gasteiger partial charge in [-0.3, -0.25) is 4.99 Å². The normalized spacial score (nSPS) is 29.3. The minimum atomic E-state index is 0. The summed E-state index contributed by atoms with van der Waals surface area (Å²) in [6, 6.07) is 0.516. The maximum absolute atomic E-state index is 5.61. The molecule has 0 radical (unpaired) electrons. The Bertz CT molecular complexity index is 305. The fourth-order valence-electron chi connectivity index (χ4n) is 3.32. The van der Waals surface area contributed by atoms with Gasteiger partial charge in [0.15, 0.2) is 5.96 Å². The molecule has 2 aliphatic rings. The molecule has 2 rings (SSSR count). The van der Waals surface area contributed by atoms with E-state index in [-0.39, 0.29) is 24.0 Å². The molecule has 0 saturated heterocycles.